The maximum absolute atomic E-state index is 11.2. The van der Waals surface area contributed by atoms with E-state index in [9.17, 15) is 9.59 Å². The largest absolute Gasteiger partial charge is 0.481 e. The number of esters is 1. The second-order valence-corrected chi connectivity index (χ2v) is 4.81. The van der Waals surface area contributed by atoms with Crippen LogP contribution in [0.25, 0.3) is 0 Å². The molecule has 90 valence electrons. The van der Waals surface area contributed by atoms with E-state index in [0.717, 1.165) is 0 Å². The van der Waals surface area contributed by atoms with Crippen LogP contribution < -0.4 is 0 Å². The van der Waals surface area contributed by atoms with Crippen LogP contribution in [-0.4, -0.2) is 23.7 Å². The highest BCUT2D eigenvalue weighted by molar-refractivity contribution is 6.41. The molecule has 1 saturated carbocycles. The first kappa shape index (κ1) is 13.0. The topological polar surface area (TPSA) is 63.6 Å². The van der Waals surface area contributed by atoms with Gasteiger partial charge in [-0.3, -0.25) is 4.79 Å². The van der Waals surface area contributed by atoms with E-state index in [-0.39, 0.29) is 23.0 Å². The maximum Gasteiger partial charge on any atom is 0.349 e. The fraction of sp³-hybridized carbons (Fsp3) is 0.636. The van der Waals surface area contributed by atoms with Gasteiger partial charge < -0.3 is 9.84 Å². The molecule has 0 amide bonds. The molecule has 1 fully saturated rings. The zero-order chi connectivity index (χ0) is 12.5. The molecule has 0 bridgehead atoms. The summed E-state index contributed by atoms with van der Waals surface area (Å²) in [5, 5.41) is 8.89. The van der Waals surface area contributed by atoms with Gasteiger partial charge in [-0.1, -0.05) is 31.5 Å². The van der Waals surface area contributed by atoms with E-state index < -0.39 is 17.9 Å². The number of aliphatic carboxylic acids is 1. The summed E-state index contributed by atoms with van der Waals surface area (Å²) < 4.78 is 4.71. The Kier molecular flexibility index (Phi) is 3.63. The molecule has 0 radical (unpaired) electrons. The summed E-state index contributed by atoms with van der Waals surface area (Å²) in [5.41, 5.74) is -0.349. The maximum atomic E-state index is 11.2. The molecule has 5 heteroatoms. The van der Waals surface area contributed by atoms with Crippen LogP contribution in [-0.2, 0) is 14.3 Å². The van der Waals surface area contributed by atoms with Crippen molar-refractivity contribution in [3.63, 3.8) is 0 Å². The second-order valence-electron chi connectivity index (χ2n) is 4.40. The summed E-state index contributed by atoms with van der Waals surface area (Å²) in [6, 6.07) is 0. The van der Waals surface area contributed by atoms with E-state index in [1.807, 2.05) is 13.8 Å². The molecular weight excluding hydrogens is 232 g/mol. The zero-order valence-electron chi connectivity index (χ0n) is 9.49. The molecule has 1 rings (SSSR count). The van der Waals surface area contributed by atoms with Gasteiger partial charge in [0.15, 0.2) is 0 Å². The van der Waals surface area contributed by atoms with Gasteiger partial charge in [-0.2, -0.15) is 0 Å². The predicted molar refractivity (Wildman–Crippen MR) is 59.0 cm³/mol. The minimum absolute atomic E-state index is 0.0383. The lowest BCUT2D eigenvalue weighted by molar-refractivity contribution is -0.140. The fourth-order valence-electron chi connectivity index (χ4n) is 1.89. The molecular formula is C11H15ClO4. The predicted octanol–water partition coefficient (Wildman–Crippen LogP) is 2.03. The number of allylic oxidation sites excluding steroid dienone is 1. The lowest BCUT2D eigenvalue weighted by Gasteiger charge is -2.00. The average Bonchev–Trinajstić information content (AvgIpc) is 2.68. The van der Waals surface area contributed by atoms with E-state index in [1.165, 1.54) is 6.08 Å². The number of carbonyl (C=O) groups is 2. The highest BCUT2D eigenvalue weighted by atomic mass is 35.5. The van der Waals surface area contributed by atoms with Gasteiger partial charge in [-0.15, -0.1) is 0 Å². The van der Waals surface area contributed by atoms with Gasteiger partial charge in [0, 0.05) is 0 Å². The summed E-state index contributed by atoms with van der Waals surface area (Å²) in [5.74, 6) is -2.15. The molecule has 0 spiro atoms. The van der Waals surface area contributed by atoms with Crippen molar-refractivity contribution >= 4 is 23.5 Å². The van der Waals surface area contributed by atoms with E-state index in [0.29, 0.717) is 0 Å². The minimum Gasteiger partial charge on any atom is -0.481 e. The number of halogens is 1. The Morgan fingerprint density at radius 2 is 2.06 bits per heavy atom. The number of carboxylic acids is 1. The Balaban J connectivity index is 2.72. The molecule has 0 aromatic carbocycles. The zero-order valence-corrected chi connectivity index (χ0v) is 10.2. The number of hydrogen-bond acceptors (Lipinski definition) is 3. The van der Waals surface area contributed by atoms with Gasteiger partial charge in [0.25, 0.3) is 0 Å². The lowest BCUT2D eigenvalue weighted by Crippen LogP contribution is -2.04. The summed E-state index contributed by atoms with van der Waals surface area (Å²) >= 11 is 5.74. The first-order chi connectivity index (χ1) is 7.32. The van der Waals surface area contributed by atoms with Crippen molar-refractivity contribution in [3.8, 4) is 0 Å². The summed E-state index contributed by atoms with van der Waals surface area (Å²) in [7, 11) is 0. The molecule has 1 N–H and O–H groups in total. The van der Waals surface area contributed by atoms with Crippen molar-refractivity contribution in [1.29, 1.82) is 0 Å². The third-order valence-electron chi connectivity index (χ3n) is 2.97. The molecule has 0 saturated heterocycles. The third-order valence-corrected chi connectivity index (χ3v) is 3.25. The number of hydrogen-bond donors (Lipinski definition) is 1. The van der Waals surface area contributed by atoms with Crippen LogP contribution in [0.2, 0.25) is 0 Å². The van der Waals surface area contributed by atoms with Crippen molar-refractivity contribution in [2.75, 3.05) is 6.61 Å². The van der Waals surface area contributed by atoms with Crippen molar-refractivity contribution in [1.82, 2.24) is 0 Å². The SMILES string of the molecule is CCOC(=O)/C(Cl)=C/C1C(C(=O)O)C1(C)C. The van der Waals surface area contributed by atoms with Crippen LogP contribution in [0.1, 0.15) is 20.8 Å². The molecule has 0 aromatic heterocycles. The molecule has 0 aliphatic heterocycles. The van der Waals surface area contributed by atoms with Crippen molar-refractivity contribution in [2.24, 2.45) is 17.3 Å². The molecule has 0 aromatic rings. The third kappa shape index (κ3) is 2.38. The van der Waals surface area contributed by atoms with E-state index >= 15 is 0 Å². The highest BCUT2D eigenvalue weighted by Gasteiger charge is 2.61. The molecule has 1 aliphatic carbocycles. The van der Waals surface area contributed by atoms with Crippen molar-refractivity contribution in [2.45, 2.75) is 20.8 Å². The first-order valence-corrected chi connectivity index (χ1v) is 5.47. The van der Waals surface area contributed by atoms with Crippen LogP contribution in [0.4, 0.5) is 0 Å². The molecule has 2 unspecified atom stereocenters. The smallest absolute Gasteiger partial charge is 0.349 e. The average molecular weight is 247 g/mol. The van der Waals surface area contributed by atoms with Gasteiger partial charge in [-0.05, 0) is 18.3 Å². The molecule has 4 nitrogen and oxygen atoms in total. The number of carboxylic acid groups (broad SMARTS) is 1. The van der Waals surface area contributed by atoms with Crippen LogP contribution in [0.5, 0.6) is 0 Å². The summed E-state index contributed by atoms with van der Waals surface area (Å²) in [4.78, 5) is 22.1. The van der Waals surface area contributed by atoms with Crippen LogP contribution in [0.3, 0.4) is 0 Å². The van der Waals surface area contributed by atoms with Crippen molar-refractivity contribution in [3.05, 3.63) is 11.1 Å². The van der Waals surface area contributed by atoms with E-state index in [1.54, 1.807) is 6.92 Å². The quantitative estimate of drug-likeness (QED) is 0.609. The van der Waals surface area contributed by atoms with Gasteiger partial charge in [0.2, 0.25) is 0 Å². The Morgan fingerprint density at radius 1 is 1.50 bits per heavy atom. The van der Waals surface area contributed by atoms with Gasteiger partial charge in [0.05, 0.1) is 12.5 Å². The van der Waals surface area contributed by atoms with Gasteiger partial charge in [0.1, 0.15) is 5.03 Å². The Hall–Kier alpha value is -1.03. The highest BCUT2D eigenvalue weighted by Crippen LogP contribution is 2.59. The van der Waals surface area contributed by atoms with Gasteiger partial charge >= 0.3 is 11.9 Å². The number of carbonyl (C=O) groups excluding carboxylic acids is 1. The molecule has 0 heterocycles. The Morgan fingerprint density at radius 3 is 2.44 bits per heavy atom. The van der Waals surface area contributed by atoms with E-state index in [4.69, 9.17) is 21.4 Å². The van der Waals surface area contributed by atoms with E-state index in [2.05, 4.69) is 0 Å². The van der Waals surface area contributed by atoms with Gasteiger partial charge in [-0.25, -0.2) is 4.79 Å². The number of ether oxygens (including phenoxy) is 1. The molecule has 2 atom stereocenters. The summed E-state index contributed by atoms with van der Waals surface area (Å²) in [6.45, 7) is 5.60. The number of rotatable bonds is 4. The fourth-order valence-corrected chi connectivity index (χ4v) is 2.08. The van der Waals surface area contributed by atoms with Crippen LogP contribution in [0.15, 0.2) is 11.1 Å². The van der Waals surface area contributed by atoms with Crippen LogP contribution in [0, 0.1) is 17.3 Å². The lowest BCUT2D eigenvalue weighted by atomic mass is 10.1. The first-order valence-electron chi connectivity index (χ1n) is 5.09. The second kappa shape index (κ2) is 4.45. The van der Waals surface area contributed by atoms with Crippen LogP contribution >= 0.6 is 11.6 Å². The standard InChI is InChI=1S/C11H15ClO4/c1-4-16-10(15)7(12)5-6-8(9(13)14)11(6,2)3/h5-6,8H,4H2,1-3H3,(H,13,14)/b7-5-. The minimum atomic E-state index is -0.862. The molecule has 1 aliphatic rings. The Labute approximate surface area is 99.2 Å². The Bertz CT molecular complexity index is 346. The normalized spacial score (nSPS) is 27.4. The van der Waals surface area contributed by atoms with Crippen molar-refractivity contribution < 1.29 is 19.4 Å². The molecule has 16 heavy (non-hydrogen) atoms. The monoisotopic (exact) mass is 246 g/mol. The summed E-state index contributed by atoms with van der Waals surface area (Å²) in [6.07, 6.45) is 1.48.